The van der Waals surface area contributed by atoms with Crippen LogP contribution in [0.25, 0.3) is 0 Å². The molecule has 1 aliphatic heterocycles. The number of anilines is 1. The first-order valence-electron chi connectivity index (χ1n) is 9.36. The van der Waals surface area contributed by atoms with E-state index in [9.17, 15) is 30.0 Å². The predicted molar refractivity (Wildman–Crippen MR) is 108 cm³/mol. The molecule has 0 aliphatic carbocycles. The van der Waals surface area contributed by atoms with Crippen LogP contribution in [0.4, 0.5) is 18.9 Å². The number of benzene rings is 2. The van der Waals surface area contributed by atoms with Gasteiger partial charge in [0, 0.05) is 18.8 Å². The van der Waals surface area contributed by atoms with Gasteiger partial charge in [0.25, 0.3) is 10.0 Å². The molecule has 0 amide bonds. The molecule has 0 saturated carbocycles. The van der Waals surface area contributed by atoms with Crippen LogP contribution in [-0.4, -0.2) is 40.6 Å². The minimum atomic E-state index is -4.88. The third-order valence-corrected chi connectivity index (χ3v) is 8.01. The number of alkyl halides is 3. The number of hydrogen-bond donors (Lipinski definition) is 1. The van der Waals surface area contributed by atoms with Crippen molar-refractivity contribution in [3.63, 3.8) is 0 Å². The second kappa shape index (κ2) is 8.67. The number of hydrogen-bond acceptors (Lipinski definition) is 5. The van der Waals surface area contributed by atoms with Gasteiger partial charge >= 0.3 is 6.36 Å². The van der Waals surface area contributed by atoms with Crippen LogP contribution in [0.15, 0.2) is 58.3 Å². The van der Waals surface area contributed by atoms with Gasteiger partial charge in [0.05, 0.1) is 9.79 Å². The van der Waals surface area contributed by atoms with Crippen LogP contribution in [0.5, 0.6) is 5.75 Å². The zero-order valence-corrected chi connectivity index (χ0v) is 18.1. The Bertz CT molecular complexity index is 1120. The maximum absolute atomic E-state index is 12.8. The van der Waals surface area contributed by atoms with E-state index in [1.165, 1.54) is 28.6 Å². The lowest BCUT2D eigenvalue weighted by atomic mass is 10.0. The van der Waals surface area contributed by atoms with Crippen molar-refractivity contribution in [3.8, 4) is 5.75 Å². The van der Waals surface area contributed by atoms with Crippen molar-refractivity contribution in [1.29, 1.82) is 0 Å². The molecule has 1 N–H and O–H groups in total. The summed E-state index contributed by atoms with van der Waals surface area (Å²) in [5.41, 5.74) is 0.113. The molecule has 12 heteroatoms. The van der Waals surface area contributed by atoms with Crippen molar-refractivity contribution in [1.82, 2.24) is 4.31 Å². The fraction of sp³-hybridized carbons (Fsp3) is 0.368. The average Bonchev–Trinajstić information content (AvgIpc) is 2.67. The number of ether oxygens (including phenoxy) is 1. The zero-order valence-electron chi connectivity index (χ0n) is 16.5. The topological polar surface area (TPSA) is 92.8 Å². The van der Waals surface area contributed by atoms with Gasteiger partial charge in [-0.3, -0.25) is 4.72 Å². The third-order valence-electron chi connectivity index (χ3n) is 4.73. The summed E-state index contributed by atoms with van der Waals surface area (Å²) in [4.78, 5) is -0.223. The molecular weight excluding hydrogens is 457 g/mol. The number of halogens is 3. The lowest BCUT2D eigenvalue weighted by Crippen LogP contribution is -2.39. The number of nitrogens with one attached hydrogen (secondary N) is 1. The zero-order chi connectivity index (χ0) is 22.9. The predicted octanol–water partition coefficient (Wildman–Crippen LogP) is 3.81. The minimum Gasteiger partial charge on any atom is -0.406 e. The molecule has 31 heavy (non-hydrogen) atoms. The molecule has 2 aromatic carbocycles. The molecule has 170 valence electrons. The summed E-state index contributed by atoms with van der Waals surface area (Å²) in [5.74, 6) is -0.282. The molecule has 0 aromatic heterocycles. The number of piperidine rings is 1. The Hall–Kier alpha value is -2.31. The highest BCUT2D eigenvalue weighted by molar-refractivity contribution is 7.92. The number of sulfonamides is 2. The quantitative estimate of drug-likeness (QED) is 0.682. The Balaban J connectivity index is 1.73. The van der Waals surface area contributed by atoms with Crippen molar-refractivity contribution >= 4 is 25.7 Å². The summed E-state index contributed by atoms with van der Waals surface area (Å²) in [5, 5.41) is 0. The molecule has 0 bridgehead atoms. The van der Waals surface area contributed by atoms with E-state index in [2.05, 4.69) is 9.46 Å². The van der Waals surface area contributed by atoms with Gasteiger partial charge in [0.1, 0.15) is 5.75 Å². The highest BCUT2D eigenvalue weighted by Gasteiger charge is 2.31. The SMILES string of the molecule is CC1CCCN(S(=O)(=O)c2ccc(NS(=O)(=O)c3ccc(OC(F)(F)F)cc3)cc2)C1. The van der Waals surface area contributed by atoms with E-state index >= 15 is 0 Å². The van der Waals surface area contributed by atoms with Crippen LogP contribution >= 0.6 is 0 Å². The standard InChI is InChI=1S/C19H21F3N2O5S2/c1-14-3-2-12-24(13-14)31(27,28)18-8-4-15(5-9-18)23-30(25,26)17-10-6-16(7-11-17)29-19(20,21)22/h4-11,14,23H,2-3,12-13H2,1H3. The summed E-state index contributed by atoms with van der Waals surface area (Å²) in [7, 11) is -7.77. The fourth-order valence-electron chi connectivity index (χ4n) is 3.24. The molecule has 3 rings (SSSR count). The maximum Gasteiger partial charge on any atom is 0.573 e. The van der Waals surface area contributed by atoms with Gasteiger partial charge < -0.3 is 4.74 Å². The van der Waals surface area contributed by atoms with Crippen LogP contribution < -0.4 is 9.46 Å². The second-order valence-electron chi connectivity index (χ2n) is 7.26. The van der Waals surface area contributed by atoms with Gasteiger partial charge in [-0.05, 0) is 67.3 Å². The van der Waals surface area contributed by atoms with Gasteiger partial charge in [0.2, 0.25) is 10.0 Å². The Morgan fingerprint density at radius 1 is 0.968 bits per heavy atom. The smallest absolute Gasteiger partial charge is 0.406 e. The van der Waals surface area contributed by atoms with E-state index in [-0.39, 0.29) is 21.4 Å². The van der Waals surface area contributed by atoms with E-state index in [0.29, 0.717) is 13.1 Å². The van der Waals surface area contributed by atoms with E-state index < -0.39 is 32.2 Å². The lowest BCUT2D eigenvalue weighted by molar-refractivity contribution is -0.274. The first kappa shape index (κ1) is 23.4. The molecule has 7 nitrogen and oxygen atoms in total. The molecular formula is C19H21F3N2O5S2. The normalized spacial score (nSPS) is 18.5. The minimum absolute atomic E-state index is 0.0539. The summed E-state index contributed by atoms with van der Waals surface area (Å²) in [6.45, 7) is 2.86. The highest BCUT2D eigenvalue weighted by atomic mass is 32.2. The van der Waals surface area contributed by atoms with Gasteiger partial charge in [0.15, 0.2) is 0 Å². The molecule has 2 aromatic rings. The summed E-state index contributed by atoms with van der Waals surface area (Å²) < 4.78 is 94.5. The second-order valence-corrected chi connectivity index (χ2v) is 10.9. The van der Waals surface area contributed by atoms with Gasteiger partial charge in [-0.25, -0.2) is 16.8 Å². The fourth-order valence-corrected chi connectivity index (χ4v) is 5.90. The highest BCUT2D eigenvalue weighted by Crippen LogP contribution is 2.27. The number of nitrogens with zero attached hydrogens (tertiary/aromatic N) is 1. The Labute approximate surface area is 178 Å². The first-order chi connectivity index (χ1) is 14.4. The van der Waals surface area contributed by atoms with Crippen LogP contribution in [0.2, 0.25) is 0 Å². The molecule has 1 heterocycles. The molecule has 1 saturated heterocycles. The van der Waals surface area contributed by atoms with E-state index in [1.54, 1.807) is 0 Å². The molecule has 1 aliphatic rings. The molecule has 0 spiro atoms. The van der Waals surface area contributed by atoms with Crippen LogP contribution in [0.3, 0.4) is 0 Å². The first-order valence-corrected chi connectivity index (χ1v) is 12.3. The summed E-state index contributed by atoms with van der Waals surface area (Å²) in [6.07, 6.45) is -3.13. The van der Waals surface area contributed by atoms with Gasteiger partial charge in [-0.1, -0.05) is 6.92 Å². The molecule has 0 radical (unpaired) electrons. The lowest BCUT2D eigenvalue weighted by Gasteiger charge is -2.30. The van der Waals surface area contributed by atoms with Crippen LogP contribution in [0.1, 0.15) is 19.8 Å². The summed E-state index contributed by atoms with van der Waals surface area (Å²) in [6, 6.07) is 8.98. The van der Waals surface area contributed by atoms with Crippen LogP contribution in [0, 0.1) is 5.92 Å². The Kier molecular flexibility index (Phi) is 6.53. The molecule has 1 atom stereocenters. The Morgan fingerprint density at radius 3 is 2.10 bits per heavy atom. The van der Waals surface area contributed by atoms with Crippen LogP contribution in [-0.2, 0) is 20.0 Å². The molecule has 1 unspecified atom stereocenters. The largest absolute Gasteiger partial charge is 0.573 e. The maximum atomic E-state index is 12.8. The van der Waals surface area contributed by atoms with Crippen molar-refractivity contribution in [2.75, 3.05) is 17.8 Å². The van der Waals surface area contributed by atoms with Crippen molar-refractivity contribution in [2.24, 2.45) is 5.92 Å². The van der Waals surface area contributed by atoms with E-state index in [4.69, 9.17) is 0 Å². The van der Waals surface area contributed by atoms with Crippen molar-refractivity contribution in [3.05, 3.63) is 48.5 Å². The van der Waals surface area contributed by atoms with Gasteiger partial charge in [-0.2, -0.15) is 4.31 Å². The Morgan fingerprint density at radius 2 is 1.55 bits per heavy atom. The third kappa shape index (κ3) is 5.89. The van der Waals surface area contributed by atoms with E-state index in [1.807, 2.05) is 6.92 Å². The summed E-state index contributed by atoms with van der Waals surface area (Å²) >= 11 is 0. The van der Waals surface area contributed by atoms with Crippen molar-refractivity contribution in [2.45, 2.75) is 35.9 Å². The van der Waals surface area contributed by atoms with Crippen molar-refractivity contribution < 1.29 is 34.7 Å². The monoisotopic (exact) mass is 478 g/mol. The number of rotatable bonds is 6. The van der Waals surface area contributed by atoms with Gasteiger partial charge in [-0.15, -0.1) is 13.2 Å². The van der Waals surface area contributed by atoms with E-state index in [0.717, 1.165) is 37.1 Å². The average molecular weight is 479 g/mol. The molecule has 1 fully saturated rings.